The third kappa shape index (κ3) is 3.85. The number of methoxy groups -OCH3 is 1. The van der Waals surface area contributed by atoms with Crippen LogP contribution in [0, 0.1) is 0 Å². The molecule has 0 unspecified atom stereocenters. The number of hydrogen-bond acceptors (Lipinski definition) is 5. The SMILES string of the molecule is CCn1c(SCC(=O)Nc2ccc(OC)cc2)nnc1C1CC1. The first-order chi connectivity index (χ1) is 11.2. The number of nitrogens with one attached hydrogen (secondary N) is 1. The van der Waals surface area contributed by atoms with Crippen molar-refractivity contribution in [2.75, 3.05) is 18.2 Å². The van der Waals surface area contributed by atoms with Crippen LogP contribution in [0.4, 0.5) is 5.69 Å². The lowest BCUT2D eigenvalue weighted by atomic mass is 10.3. The van der Waals surface area contributed by atoms with E-state index in [2.05, 4.69) is 27.0 Å². The second-order valence-corrected chi connectivity index (χ2v) is 6.37. The van der Waals surface area contributed by atoms with Gasteiger partial charge in [0.2, 0.25) is 5.91 Å². The molecule has 1 aliphatic carbocycles. The first kappa shape index (κ1) is 15.9. The number of nitrogens with zero attached hydrogens (tertiary/aromatic N) is 3. The quantitative estimate of drug-likeness (QED) is 0.790. The summed E-state index contributed by atoms with van der Waals surface area (Å²) in [5.74, 6) is 2.64. The van der Waals surface area contributed by atoms with Gasteiger partial charge in [0.05, 0.1) is 12.9 Å². The van der Waals surface area contributed by atoms with Crippen LogP contribution in [0.15, 0.2) is 29.4 Å². The second-order valence-electron chi connectivity index (χ2n) is 5.42. The molecule has 1 heterocycles. The summed E-state index contributed by atoms with van der Waals surface area (Å²) >= 11 is 1.43. The number of ether oxygens (including phenoxy) is 1. The van der Waals surface area contributed by atoms with Gasteiger partial charge < -0.3 is 14.6 Å². The summed E-state index contributed by atoms with van der Waals surface area (Å²) in [5.41, 5.74) is 0.757. The molecule has 1 saturated carbocycles. The summed E-state index contributed by atoms with van der Waals surface area (Å²) in [6.45, 7) is 2.91. The van der Waals surface area contributed by atoms with Gasteiger partial charge in [0.15, 0.2) is 5.16 Å². The molecule has 1 aliphatic rings. The Morgan fingerprint density at radius 1 is 1.35 bits per heavy atom. The summed E-state index contributed by atoms with van der Waals surface area (Å²) < 4.78 is 7.21. The van der Waals surface area contributed by atoms with E-state index in [1.165, 1.54) is 24.6 Å². The topological polar surface area (TPSA) is 69.0 Å². The minimum atomic E-state index is -0.0567. The molecule has 7 heteroatoms. The summed E-state index contributed by atoms with van der Waals surface area (Å²) in [5, 5.41) is 12.2. The minimum absolute atomic E-state index is 0.0567. The minimum Gasteiger partial charge on any atom is -0.497 e. The van der Waals surface area contributed by atoms with Crippen LogP contribution in [-0.2, 0) is 11.3 Å². The van der Waals surface area contributed by atoms with Crippen molar-refractivity contribution < 1.29 is 9.53 Å². The van der Waals surface area contributed by atoms with Crippen LogP contribution in [0.5, 0.6) is 5.75 Å². The van der Waals surface area contributed by atoms with Crippen molar-refractivity contribution in [1.29, 1.82) is 0 Å². The number of anilines is 1. The Labute approximate surface area is 139 Å². The molecule has 0 saturated heterocycles. The Kier molecular flexibility index (Phi) is 4.85. The molecule has 23 heavy (non-hydrogen) atoms. The van der Waals surface area contributed by atoms with Gasteiger partial charge in [-0.25, -0.2) is 0 Å². The van der Waals surface area contributed by atoms with Gasteiger partial charge >= 0.3 is 0 Å². The van der Waals surface area contributed by atoms with E-state index in [1.807, 2.05) is 24.3 Å². The maximum Gasteiger partial charge on any atom is 0.234 e. The molecular formula is C16H20N4O2S. The lowest BCUT2D eigenvalue weighted by Crippen LogP contribution is -2.14. The van der Waals surface area contributed by atoms with Gasteiger partial charge in [-0.2, -0.15) is 0 Å². The lowest BCUT2D eigenvalue weighted by Gasteiger charge is -2.07. The van der Waals surface area contributed by atoms with E-state index in [4.69, 9.17) is 4.74 Å². The van der Waals surface area contributed by atoms with E-state index in [-0.39, 0.29) is 5.91 Å². The van der Waals surface area contributed by atoms with Crippen LogP contribution in [0.25, 0.3) is 0 Å². The molecule has 6 nitrogen and oxygen atoms in total. The molecule has 1 aromatic heterocycles. The number of aromatic nitrogens is 3. The van der Waals surface area contributed by atoms with Crippen LogP contribution in [-0.4, -0.2) is 33.5 Å². The highest BCUT2D eigenvalue weighted by Crippen LogP contribution is 2.39. The Balaban J connectivity index is 1.56. The number of thioether (sulfide) groups is 1. The molecule has 1 N–H and O–H groups in total. The van der Waals surface area contributed by atoms with E-state index in [9.17, 15) is 4.79 Å². The maximum atomic E-state index is 12.1. The third-order valence-electron chi connectivity index (χ3n) is 3.71. The third-order valence-corrected chi connectivity index (χ3v) is 4.68. The van der Waals surface area contributed by atoms with E-state index in [0.717, 1.165) is 29.0 Å². The number of hydrogen-bond donors (Lipinski definition) is 1. The highest BCUT2D eigenvalue weighted by Gasteiger charge is 2.30. The summed E-state index contributed by atoms with van der Waals surface area (Å²) in [6, 6.07) is 7.28. The molecule has 1 fully saturated rings. The number of carbonyl (C=O) groups excluding carboxylic acids is 1. The Hall–Kier alpha value is -2.02. The van der Waals surface area contributed by atoms with Crippen molar-refractivity contribution in [2.45, 2.75) is 37.4 Å². The first-order valence-electron chi connectivity index (χ1n) is 7.71. The maximum absolute atomic E-state index is 12.1. The molecule has 122 valence electrons. The Morgan fingerprint density at radius 2 is 2.09 bits per heavy atom. The van der Waals surface area contributed by atoms with Gasteiger partial charge in [0.25, 0.3) is 0 Å². The summed E-state index contributed by atoms with van der Waals surface area (Å²) in [7, 11) is 1.62. The Morgan fingerprint density at radius 3 is 2.70 bits per heavy atom. The average molecular weight is 332 g/mol. The molecule has 1 aromatic carbocycles. The van der Waals surface area contributed by atoms with Gasteiger partial charge in [0.1, 0.15) is 11.6 Å². The van der Waals surface area contributed by atoms with E-state index < -0.39 is 0 Å². The average Bonchev–Trinajstić information content (AvgIpc) is 3.33. The molecule has 0 spiro atoms. The van der Waals surface area contributed by atoms with Crippen molar-refractivity contribution in [1.82, 2.24) is 14.8 Å². The highest BCUT2D eigenvalue weighted by molar-refractivity contribution is 7.99. The van der Waals surface area contributed by atoms with Gasteiger partial charge in [0, 0.05) is 18.2 Å². The second kappa shape index (κ2) is 7.04. The van der Waals surface area contributed by atoms with Crippen molar-refractivity contribution in [3.8, 4) is 5.75 Å². The molecule has 2 aromatic rings. The van der Waals surface area contributed by atoms with Crippen LogP contribution in [0.1, 0.15) is 31.5 Å². The zero-order valence-corrected chi connectivity index (χ0v) is 14.1. The summed E-state index contributed by atoms with van der Waals surface area (Å²) in [6.07, 6.45) is 2.39. The standard InChI is InChI=1S/C16H20N4O2S/c1-3-20-15(11-4-5-11)18-19-16(20)23-10-14(21)17-12-6-8-13(22-2)9-7-12/h6-9,11H,3-5,10H2,1-2H3,(H,17,21). The summed E-state index contributed by atoms with van der Waals surface area (Å²) in [4.78, 5) is 12.1. The number of benzene rings is 1. The van der Waals surface area contributed by atoms with E-state index in [1.54, 1.807) is 7.11 Å². The van der Waals surface area contributed by atoms with Crippen molar-refractivity contribution in [2.24, 2.45) is 0 Å². The normalized spacial score (nSPS) is 13.8. The monoisotopic (exact) mass is 332 g/mol. The fraction of sp³-hybridized carbons (Fsp3) is 0.438. The fourth-order valence-electron chi connectivity index (χ4n) is 2.35. The molecule has 1 amide bonds. The predicted octanol–water partition coefficient (Wildman–Crippen LogP) is 2.91. The van der Waals surface area contributed by atoms with Crippen LogP contribution in [0.2, 0.25) is 0 Å². The number of amides is 1. The fourth-order valence-corrected chi connectivity index (χ4v) is 3.16. The van der Waals surface area contributed by atoms with Crippen LogP contribution < -0.4 is 10.1 Å². The van der Waals surface area contributed by atoms with Crippen molar-refractivity contribution in [3.05, 3.63) is 30.1 Å². The molecule has 0 atom stereocenters. The van der Waals surface area contributed by atoms with Gasteiger partial charge in [-0.05, 0) is 44.0 Å². The molecule has 0 bridgehead atoms. The van der Waals surface area contributed by atoms with Gasteiger partial charge in [-0.3, -0.25) is 4.79 Å². The first-order valence-corrected chi connectivity index (χ1v) is 8.69. The van der Waals surface area contributed by atoms with Crippen LogP contribution >= 0.6 is 11.8 Å². The zero-order chi connectivity index (χ0) is 16.2. The Bertz CT molecular complexity index is 680. The lowest BCUT2D eigenvalue weighted by molar-refractivity contribution is -0.113. The smallest absolute Gasteiger partial charge is 0.234 e. The van der Waals surface area contributed by atoms with Crippen molar-refractivity contribution in [3.63, 3.8) is 0 Å². The van der Waals surface area contributed by atoms with Gasteiger partial charge in [-0.1, -0.05) is 11.8 Å². The zero-order valence-electron chi connectivity index (χ0n) is 13.3. The van der Waals surface area contributed by atoms with E-state index in [0.29, 0.717) is 11.7 Å². The van der Waals surface area contributed by atoms with Crippen LogP contribution in [0.3, 0.4) is 0 Å². The molecule has 3 rings (SSSR count). The van der Waals surface area contributed by atoms with Crippen molar-refractivity contribution >= 4 is 23.4 Å². The van der Waals surface area contributed by atoms with E-state index >= 15 is 0 Å². The molecular weight excluding hydrogens is 312 g/mol. The number of carbonyl (C=O) groups is 1. The largest absolute Gasteiger partial charge is 0.497 e. The highest BCUT2D eigenvalue weighted by atomic mass is 32.2. The molecule has 0 aliphatic heterocycles. The predicted molar refractivity (Wildman–Crippen MR) is 90.0 cm³/mol. The molecule has 0 radical (unpaired) electrons. The number of rotatable bonds is 7. The van der Waals surface area contributed by atoms with Gasteiger partial charge in [-0.15, -0.1) is 10.2 Å².